The number of hydrogen-bond acceptors (Lipinski definition) is 3. The van der Waals surface area contributed by atoms with Gasteiger partial charge in [-0.25, -0.2) is 0 Å². The molecule has 0 saturated heterocycles. The van der Waals surface area contributed by atoms with Crippen LogP contribution in [0.25, 0.3) is 0 Å². The van der Waals surface area contributed by atoms with Crippen LogP contribution in [0.15, 0.2) is 36.5 Å². The van der Waals surface area contributed by atoms with E-state index >= 15 is 0 Å². The maximum absolute atomic E-state index is 11.3. The Morgan fingerprint density at radius 1 is 1.42 bits per heavy atom. The van der Waals surface area contributed by atoms with Gasteiger partial charge in [0.15, 0.2) is 0 Å². The van der Waals surface area contributed by atoms with Crippen LogP contribution in [0.5, 0.6) is 0 Å². The summed E-state index contributed by atoms with van der Waals surface area (Å²) >= 11 is 0. The molecule has 0 radical (unpaired) electrons. The summed E-state index contributed by atoms with van der Waals surface area (Å²) in [6, 6.07) is 8.45. The Balaban J connectivity index is 2.11. The molecule has 1 aromatic carbocycles. The van der Waals surface area contributed by atoms with E-state index in [2.05, 4.69) is 10.4 Å². The molecule has 0 fully saturated rings. The second kappa shape index (κ2) is 5.67. The molecule has 0 aliphatic carbocycles. The zero-order valence-electron chi connectivity index (χ0n) is 11.0. The quantitative estimate of drug-likeness (QED) is 0.856. The number of aliphatic carboxylic acids is 1. The topological polar surface area (TPSA) is 67.2 Å². The van der Waals surface area contributed by atoms with Crippen molar-refractivity contribution in [3.63, 3.8) is 0 Å². The molecular formula is C14H17N3O2. The molecule has 2 N–H and O–H groups in total. The average molecular weight is 259 g/mol. The summed E-state index contributed by atoms with van der Waals surface area (Å²) in [7, 11) is 1.87. The Hall–Kier alpha value is -2.14. The van der Waals surface area contributed by atoms with Gasteiger partial charge in [0.1, 0.15) is 6.04 Å². The highest BCUT2D eigenvalue weighted by Gasteiger charge is 2.19. The van der Waals surface area contributed by atoms with Gasteiger partial charge < -0.3 is 5.11 Å². The lowest BCUT2D eigenvalue weighted by Crippen LogP contribution is -2.28. The fraction of sp³-hybridized carbons (Fsp3) is 0.286. The lowest BCUT2D eigenvalue weighted by molar-refractivity contribution is -0.139. The Bertz CT molecular complexity index is 563. The average Bonchev–Trinajstić information content (AvgIpc) is 2.72. The first kappa shape index (κ1) is 13.3. The number of rotatable bonds is 5. The molecule has 0 spiro atoms. The Labute approximate surface area is 111 Å². The van der Waals surface area contributed by atoms with Gasteiger partial charge in [-0.3, -0.25) is 14.8 Å². The molecule has 5 heteroatoms. The van der Waals surface area contributed by atoms with Gasteiger partial charge in [-0.05, 0) is 12.5 Å². The zero-order valence-corrected chi connectivity index (χ0v) is 11.0. The van der Waals surface area contributed by atoms with Crippen molar-refractivity contribution in [1.29, 1.82) is 0 Å². The van der Waals surface area contributed by atoms with Crippen LogP contribution in [0.1, 0.15) is 22.9 Å². The summed E-state index contributed by atoms with van der Waals surface area (Å²) < 4.78 is 1.77. The van der Waals surface area contributed by atoms with E-state index in [1.165, 1.54) is 0 Å². The first-order valence-corrected chi connectivity index (χ1v) is 6.08. The maximum atomic E-state index is 11.3. The number of aryl methyl sites for hydroxylation is 1. The van der Waals surface area contributed by atoms with Crippen LogP contribution in [0.3, 0.4) is 0 Å². The second-order valence-electron chi connectivity index (χ2n) is 4.44. The van der Waals surface area contributed by atoms with Gasteiger partial charge in [-0.1, -0.05) is 30.3 Å². The van der Waals surface area contributed by atoms with Crippen LogP contribution in [-0.2, 0) is 18.4 Å². The molecule has 1 heterocycles. The van der Waals surface area contributed by atoms with Gasteiger partial charge in [-0.15, -0.1) is 0 Å². The van der Waals surface area contributed by atoms with E-state index in [0.29, 0.717) is 6.54 Å². The zero-order chi connectivity index (χ0) is 13.8. The molecule has 2 aromatic rings. The predicted octanol–water partition coefficient (Wildman–Crippen LogP) is 1.64. The first-order chi connectivity index (χ1) is 9.09. The van der Waals surface area contributed by atoms with E-state index in [4.69, 9.17) is 0 Å². The van der Waals surface area contributed by atoms with Crippen LogP contribution in [0.2, 0.25) is 0 Å². The molecular weight excluding hydrogens is 242 g/mol. The third-order valence-electron chi connectivity index (χ3n) is 3.21. The highest BCUT2D eigenvalue weighted by atomic mass is 16.4. The molecule has 0 aliphatic rings. The normalized spacial score (nSPS) is 12.3. The van der Waals surface area contributed by atoms with Crippen LogP contribution >= 0.6 is 0 Å². The van der Waals surface area contributed by atoms with E-state index in [1.807, 2.05) is 44.3 Å². The molecule has 1 atom stereocenters. The number of nitrogens with zero attached hydrogens (tertiary/aromatic N) is 2. The Kier molecular flexibility index (Phi) is 3.97. The third kappa shape index (κ3) is 3.00. The Morgan fingerprint density at radius 2 is 2.11 bits per heavy atom. The van der Waals surface area contributed by atoms with Gasteiger partial charge in [0, 0.05) is 24.8 Å². The first-order valence-electron chi connectivity index (χ1n) is 6.08. The minimum Gasteiger partial charge on any atom is -0.480 e. The second-order valence-corrected chi connectivity index (χ2v) is 4.44. The van der Waals surface area contributed by atoms with Gasteiger partial charge in [0.2, 0.25) is 0 Å². The minimum absolute atomic E-state index is 0.478. The van der Waals surface area contributed by atoms with Gasteiger partial charge in [0.05, 0.1) is 6.20 Å². The smallest absolute Gasteiger partial charge is 0.325 e. The molecule has 0 saturated carbocycles. The summed E-state index contributed by atoms with van der Waals surface area (Å²) in [6.07, 6.45) is 1.76. The molecule has 1 unspecified atom stereocenters. The maximum Gasteiger partial charge on any atom is 0.325 e. The lowest BCUT2D eigenvalue weighted by Gasteiger charge is -2.14. The van der Waals surface area contributed by atoms with Crippen LogP contribution in [0.4, 0.5) is 0 Å². The van der Waals surface area contributed by atoms with Crippen LogP contribution in [-0.4, -0.2) is 20.9 Å². The standard InChI is InChI=1S/C14H17N3O2/c1-10-12(9-16-17(10)2)8-15-13(14(18)19)11-6-4-3-5-7-11/h3-7,9,13,15H,8H2,1-2H3,(H,18,19). The molecule has 0 aliphatic heterocycles. The number of nitrogens with one attached hydrogen (secondary N) is 1. The van der Waals surface area contributed by atoms with E-state index in [9.17, 15) is 9.90 Å². The van der Waals surface area contributed by atoms with Gasteiger partial charge >= 0.3 is 5.97 Å². The fourth-order valence-electron chi connectivity index (χ4n) is 1.92. The van der Waals surface area contributed by atoms with E-state index in [1.54, 1.807) is 10.9 Å². The van der Waals surface area contributed by atoms with Crippen molar-refractivity contribution in [1.82, 2.24) is 15.1 Å². The van der Waals surface area contributed by atoms with Crippen molar-refractivity contribution in [2.24, 2.45) is 7.05 Å². The monoisotopic (exact) mass is 259 g/mol. The largest absolute Gasteiger partial charge is 0.480 e. The SMILES string of the molecule is Cc1c(CNC(C(=O)O)c2ccccc2)cnn1C. The predicted molar refractivity (Wildman–Crippen MR) is 71.6 cm³/mol. The number of carboxylic acid groups (broad SMARTS) is 1. The van der Waals surface area contributed by atoms with E-state index < -0.39 is 12.0 Å². The van der Waals surface area contributed by atoms with Crippen molar-refractivity contribution in [3.8, 4) is 0 Å². The summed E-state index contributed by atoms with van der Waals surface area (Å²) in [5.74, 6) is -0.882. The van der Waals surface area contributed by atoms with Crippen molar-refractivity contribution < 1.29 is 9.90 Å². The van der Waals surface area contributed by atoms with E-state index in [-0.39, 0.29) is 0 Å². The van der Waals surface area contributed by atoms with Crippen molar-refractivity contribution in [2.75, 3.05) is 0 Å². The van der Waals surface area contributed by atoms with Crippen LogP contribution < -0.4 is 5.32 Å². The minimum atomic E-state index is -0.882. The molecule has 1 aromatic heterocycles. The molecule has 100 valence electrons. The molecule has 0 amide bonds. The van der Waals surface area contributed by atoms with Crippen molar-refractivity contribution >= 4 is 5.97 Å². The van der Waals surface area contributed by atoms with Gasteiger partial charge in [-0.2, -0.15) is 5.10 Å². The van der Waals surface area contributed by atoms with E-state index in [0.717, 1.165) is 16.8 Å². The summed E-state index contributed by atoms with van der Waals surface area (Å²) in [4.78, 5) is 11.3. The molecule has 0 bridgehead atoms. The number of carboxylic acids is 1. The number of hydrogen-bond donors (Lipinski definition) is 2. The number of benzene rings is 1. The summed E-state index contributed by atoms with van der Waals surface area (Å²) in [5.41, 5.74) is 2.78. The van der Waals surface area contributed by atoms with Gasteiger partial charge in [0.25, 0.3) is 0 Å². The molecule has 5 nitrogen and oxygen atoms in total. The lowest BCUT2D eigenvalue weighted by atomic mass is 10.1. The molecule has 2 rings (SSSR count). The highest BCUT2D eigenvalue weighted by molar-refractivity contribution is 5.75. The number of carbonyl (C=O) groups is 1. The van der Waals surface area contributed by atoms with Crippen molar-refractivity contribution in [2.45, 2.75) is 19.5 Å². The van der Waals surface area contributed by atoms with Crippen LogP contribution in [0, 0.1) is 6.92 Å². The fourth-order valence-corrected chi connectivity index (χ4v) is 1.92. The van der Waals surface area contributed by atoms with Crippen molar-refractivity contribution in [3.05, 3.63) is 53.3 Å². The summed E-state index contributed by atoms with van der Waals surface area (Å²) in [5, 5.41) is 16.5. The number of aromatic nitrogens is 2. The third-order valence-corrected chi connectivity index (χ3v) is 3.21. The Morgan fingerprint density at radius 3 is 2.63 bits per heavy atom. The summed E-state index contributed by atoms with van der Waals surface area (Å²) in [6.45, 7) is 2.44. The highest BCUT2D eigenvalue weighted by Crippen LogP contribution is 2.14. The molecule has 19 heavy (non-hydrogen) atoms.